The van der Waals surface area contributed by atoms with Gasteiger partial charge in [-0.25, -0.2) is 0 Å². The van der Waals surface area contributed by atoms with Crippen LogP contribution in [-0.4, -0.2) is 27.4 Å². The SMILES string of the molecule is O=C(Cn1cccn1)Nc1ccccc1C#CCO. The molecule has 0 aliphatic carbocycles. The van der Waals surface area contributed by atoms with Gasteiger partial charge in [-0.15, -0.1) is 0 Å². The molecule has 0 aliphatic rings. The third-order valence-corrected chi connectivity index (χ3v) is 2.37. The van der Waals surface area contributed by atoms with Crippen molar-refractivity contribution in [2.24, 2.45) is 0 Å². The number of nitrogens with one attached hydrogen (secondary N) is 1. The molecule has 0 aliphatic heterocycles. The number of rotatable bonds is 3. The first-order chi connectivity index (χ1) is 9.29. The molecule has 1 amide bonds. The summed E-state index contributed by atoms with van der Waals surface area (Å²) in [7, 11) is 0. The minimum atomic E-state index is -0.213. The molecule has 19 heavy (non-hydrogen) atoms. The van der Waals surface area contributed by atoms with Crippen molar-refractivity contribution in [3.05, 3.63) is 48.3 Å². The molecule has 0 fully saturated rings. The second-order valence-corrected chi connectivity index (χ2v) is 3.76. The van der Waals surface area contributed by atoms with E-state index in [2.05, 4.69) is 22.3 Å². The second-order valence-electron chi connectivity index (χ2n) is 3.76. The predicted octanol–water partition coefficient (Wildman–Crippen LogP) is 0.866. The van der Waals surface area contributed by atoms with Gasteiger partial charge in [-0.1, -0.05) is 24.0 Å². The number of aliphatic hydroxyl groups excluding tert-OH is 1. The van der Waals surface area contributed by atoms with Crippen LogP contribution in [0.5, 0.6) is 0 Å². The summed E-state index contributed by atoms with van der Waals surface area (Å²) < 4.78 is 1.54. The Morgan fingerprint density at radius 1 is 1.37 bits per heavy atom. The Bertz CT molecular complexity index is 609. The molecule has 0 bridgehead atoms. The maximum absolute atomic E-state index is 11.8. The molecular weight excluding hydrogens is 242 g/mol. The summed E-state index contributed by atoms with van der Waals surface area (Å²) in [6, 6.07) is 8.95. The first-order valence-corrected chi connectivity index (χ1v) is 5.75. The fraction of sp³-hybridized carbons (Fsp3) is 0.143. The summed E-state index contributed by atoms with van der Waals surface area (Å²) >= 11 is 0. The van der Waals surface area contributed by atoms with Crippen LogP contribution in [0.3, 0.4) is 0 Å². The van der Waals surface area contributed by atoms with Crippen molar-refractivity contribution < 1.29 is 9.90 Å². The topological polar surface area (TPSA) is 67.2 Å². The van der Waals surface area contributed by atoms with E-state index in [1.165, 1.54) is 4.68 Å². The number of para-hydroxylation sites is 1. The highest BCUT2D eigenvalue weighted by Crippen LogP contribution is 2.13. The van der Waals surface area contributed by atoms with E-state index in [4.69, 9.17) is 5.11 Å². The van der Waals surface area contributed by atoms with Gasteiger partial charge in [0.1, 0.15) is 13.2 Å². The molecule has 1 aromatic carbocycles. The summed E-state index contributed by atoms with van der Waals surface area (Å²) in [6.45, 7) is -0.0651. The molecule has 0 atom stereocenters. The number of carbonyl (C=O) groups excluding carboxylic acids is 1. The lowest BCUT2D eigenvalue weighted by molar-refractivity contribution is -0.116. The lowest BCUT2D eigenvalue weighted by Crippen LogP contribution is -2.19. The molecule has 1 heterocycles. The Kier molecular flexibility index (Phi) is 4.32. The molecule has 0 unspecified atom stereocenters. The highest BCUT2D eigenvalue weighted by molar-refractivity contribution is 5.91. The van der Waals surface area contributed by atoms with E-state index >= 15 is 0 Å². The van der Waals surface area contributed by atoms with Gasteiger partial charge in [0.2, 0.25) is 5.91 Å². The van der Waals surface area contributed by atoms with E-state index in [0.717, 1.165) is 0 Å². The van der Waals surface area contributed by atoms with Gasteiger partial charge in [-0.2, -0.15) is 5.10 Å². The van der Waals surface area contributed by atoms with Crippen LogP contribution in [-0.2, 0) is 11.3 Å². The first-order valence-electron chi connectivity index (χ1n) is 5.75. The maximum atomic E-state index is 11.8. The van der Waals surface area contributed by atoms with Crippen LogP contribution in [0.1, 0.15) is 5.56 Å². The van der Waals surface area contributed by atoms with Crippen molar-refractivity contribution >= 4 is 11.6 Å². The second kappa shape index (κ2) is 6.38. The minimum Gasteiger partial charge on any atom is -0.384 e. The smallest absolute Gasteiger partial charge is 0.246 e. The standard InChI is InChI=1S/C14H13N3O2/c18-10-3-6-12-5-1-2-7-13(12)16-14(19)11-17-9-4-8-15-17/h1-2,4-5,7-9,18H,10-11H2,(H,16,19). The molecule has 1 aromatic heterocycles. The fourth-order valence-electron chi connectivity index (χ4n) is 1.57. The highest BCUT2D eigenvalue weighted by atomic mass is 16.2. The van der Waals surface area contributed by atoms with Crippen LogP contribution in [0.25, 0.3) is 0 Å². The maximum Gasteiger partial charge on any atom is 0.246 e. The van der Waals surface area contributed by atoms with Gasteiger partial charge in [0.25, 0.3) is 0 Å². The Balaban J connectivity index is 2.08. The van der Waals surface area contributed by atoms with Gasteiger partial charge in [-0.3, -0.25) is 9.48 Å². The zero-order valence-electron chi connectivity index (χ0n) is 10.2. The number of aromatic nitrogens is 2. The monoisotopic (exact) mass is 255 g/mol. The molecule has 0 spiro atoms. The zero-order chi connectivity index (χ0) is 13.5. The van der Waals surface area contributed by atoms with E-state index in [0.29, 0.717) is 11.3 Å². The summed E-state index contributed by atoms with van der Waals surface area (Å²) in [6.07, 6.45) is 3.34. The van der Waals surface area contributed by atoms with Crippen LogP contribution in [0.15, 0.2) is 42.7 Å². The fourth-order valence-corrected chi connectivity index (χ4v) is 1.57. The van der Waals surface area contributed by atoms with Gasteiger partial charge in [0.15, 0.2) is 0 Å². The van der Waals surface area contributed by atoms with Gasteiger partial charge in [-0.05, 0) is 18.2 Å². The highest BCUT2D eigenvalue weighted by Gasteiger charge is 2.06. The Morgan fingerprint density at radius 3 is 2.95 bits per heavy atom. The summed E-state index contributed by atoms with van der Waals surface area (Å²) in [5, 5.41) is 15.4. The average molecular weight is 255 g/mol. The third-order valence-electron chi connectivity index (χ3n) is 2.37. The van der Waals surface area contributed by atoms with Gasteiger partial charge in [0, 0.05) is 18.0 Å². The van der Waals surface area contributed by atoms with Crippen LogP contribution in [0.4, 0.5) is 5.69 Å². The van der Waals surface area contributed by atoms with Crippen molar-refractivity contribution in [2.75, 3.05) is 11.9 Å². The van der Waals surface area contributed by atoms with Crippen molar-refractivity contribution in [1.29, 1.82) is 0 Å². The van der Waals surface area contributed by atoms with E-state index in [9.17, 15) is 4.79 Å². The first kappa shape index (κ1) is 12.9. The average Bonchev–Trinajstić information content (AvgIpc) is 2.90. The number of benzene rings is 1. The molecule has 0 radical (unpaired) electrons. The Morgan fingerprint density at radius 2 is 2.21 bits per heavy atom. The minimum absolute atomic E-state index is 0.148. The quantitative estimate of drug-likeness (QED) is 0.800. The summed E-state index contributed by atoms with van der Waals surface area (Å²) in [5.41, 5.74) is 1.30. The van der Waals surface area contributed by atoms with Crippen molar-refractivity contribution in [1.82, 2.24) is 9.78 Å². The number of hydrogen-bond acceptors (Lipinski definition) is 3. The van der Waals surface area contributed by atoms with Crippen molar-refractivity contribution in [2.45, 2.75) is 6.54 Å². The molecule has 0 saturated carbocycles. The molecule has 5 nitrogen and oxygen atoms in total. The predicted molar refractivity (Wildman–Crippen MR) is 71.3 cm³/mol. The van der Waals surface area contributed by atoms with Crippen LogP contribution in [0, 0.1) is 11.8 Å². The summed E-state index contributed by atoms with van der Waals surface area (Å²) in [5.74, 6) is 5.17. The number of amides is 1. The molecule has 0 saturated heterocycles. The molecule has 5 heteroatoms. The van der Waals surface area contributed by atoms with Crippen LogP contribution in [0.2, 0.25) is 0 Å². The normalized spacial score (nSPS) is 9.53. The zero-order valence-corrected chi connectivity index (χ0v) is 10.2. The molecule has 96 valence electrons. The number of anilines is 1. The van der Waals surface area contributed by atoms with Crippen LogP contribution < -0.4 is 5.32 Å². The van der Waals surface area contributed by atoms with Crippen molar-refractivity contribution in [3.8, 4) is 11.8 Å². The number of carbonyl (C=O) groups is 1. The summed E-state index contributed by atoms with van der Waals surface area (Å²) in [4.78, 5) is 11.8. The molecular formula is C14H13N3O2. The van der Waals surface area contributed by atoms with Gasteiger partial charge < -0.3 is 10.4 Å². The van der Waals surface area contributed by atoms with E-state index < -0.39 is 0 Å². The number of aliphatic hydroxyl groups is 1. The third kappa shape index (κ3) is 3.69. The number of hydrogen-bond donors (Lipinski definition) is 2. The van der Waals surface area contributed by atoms with E-state index in [1.807, 2.05) is 12.1 Å². The van der Waals surface area contributed by atoms with Crippen molar-refractivity contribution in [3.63, 3.8) is 0 Å². The number of nitrogens with zero attached hydrogens (tertiary/aromatic N) is 2. The molecule has 2 N–H and O–H groups in total. The lowest BCUT2D eigenvalue weighted by atomic mass is 10.2. The molecule has 2 aromatic rings. The Labute approximate surface area is 110 Å². The lowest BCUT2D eigenvalue weighted by Gasteiger charge is -2.07. The van der Waals surface area contributed by atoms with E-state index in [-0.39, 0.29) is 19.1 Å². The largest absolute Gasteiger partial charge is 0.384 e. The Hall–Kier alpha value is -2.58. The van der Waals surface area contributed by atoms with Crippen LogP contribution >= 0.6 is 0 Å². The van der Waals surface area contributed by atoms with Gasteiger partial charge in [0.05, 0.1) is 5.69 Å². The van der Waals surface area contributed by atoms with Gasteiger partial charge >= 0.3 is 0 Å². The molecule has 2 rings (SSSR count). The van der Waals surface area contributed by atoms with E-state index in [1.54, 1.807) is 30.6 Å².